The van der Waals surface area contributed by atoms with Crippen LogP contribution in [0.15, 0.2) is 24.5 Å². The van der Waals surface area contributed by atoms with Gasteiger partial charge in [0.1, 0.15) is 0 Å². The third-order valence-corrected chi connectivity index (χ3v) is 5.86. The molecule has 1 unspecified atom stereocenters. The molecule has 2 aliphatic heterocycles. The third-order valence-electron chi connectivity index (χ3n) is 5.86. The Labute approximate surface area is 139 Å². The van der Waals surface area contributed by atoms with Gasteiger partial charge in [0.15, 0.2) is 0 Å². The fourth-order valence-corrected chi connectivity index (χ4v) is 4.22. The van der Waals surface area contributed by atoms with Gasteiger partial charge < -0.3 is 9.47 Å². The first-order valence-electron chi connectivity index (χ1n) is 9.18. The molecule has 1 aliphatic carbocycles. The zero-order valence-corrected chi connectivity index (χ0v) is 14.0. The van der Waals surface area contributed by atoms with Crippen molar-refractivity contribution in [3.8, 4) is 0 Å². The van der Waals surface area contributed by atoms with Crippen molar-refractivity contribution >= 4 is 0 Å². The Morgan fingerprint density at radius 1 is 1.22 bits per heavy atom. The predicted molar refractivity (Wildman–Crippen MR) is 89.1 cm³/mol. The lowest BCUT2D eigenvalue weighted by atomic mass is 9.76. The molecule has 126 valence electrons. The summed E-state index contributed by atoms with van der Waals surface area (Å²) in [6, 6.07) is 4.91. The summed E-state index contributed by atoms with van der Waals surface area (Å²) < 4.78 is 12.0. The molecule has 0 N–H and O–H groups in total. The van der Waals surface area contributed by atoms with E-state index in [1.165, 1.54) is 57.2 Å². The average Bonchev–Trinajstić information content (AvgIpc) is 2.50. The molecule has 0 bridgehead atoms. The van der Waals surface area contributed by atoms with Gasteiger partial charge in [0.2, 0.25) is 0 Å². The van der Waals surface area contributed by atoms with Gasteiger partial charge in [0.25, 0.3) is 0 Å². The van der Waals surface area contributed by atoms with E-state index in [9.17, 15) is 0 Å². The maximum absolute atomic E-state index is 6.17. The van der Waals surface area contributed by atoms with E-state index in [0.717, 1.165) is 25.2 Å². The van der Waals surface area contributed by atoms with Crippen LogP contribution in [0.5, 0.6) is 0 Å². The van der Waals surface area contributed by atoms with Crippen molar-refractivity contribution in [1.29, 1.82) is 0 Å². The standard InChI is InChI=1S/C19H28N2O2/c1-2-18(3-1)21-14-19(15-21)12-16(7-11-23-19)6-10-22-13-17-4-8-20-9-5-17/h4-5,8-9,16,18H,1-3,6-7,10-15H2. The van der Waals surface area contributed by atoms with E-state index < -0.39 is 0 Å². The third kappa shape index (κ3) is 3.59. The Morgan fingerprint density at radius 3 is 2.78 bits per heavy atom. The van der Waals surface area contributed by atoms with Crippen molar-refractivity contribution in [3.63, 3.8) is 0 Å². The molecule has 1 aromatic heterocycles. The smallest absolute Gasteiger partial charge is 0.0937 e. The normalized spacial score (nSPS) is 27.6. The minimum atomic E-state index is 0.184. The highest BCUT2D eigenvalue weighted by Gasteiger charge is 2.49. The maximum Gasteiger partial charge on any atom is 0.0937 e. The van der Waals surface area contributed by atoms with Crippen LogP contribution in [0.3, 0.4) is 0 Å². The summed E-state index contributed by atoms with van der Waals surface area (Å²) in [5.41, 5.74) is 1.39. The Hall–Kier alpha value is -0.970. The van der Waals surface area contributed by atoms with E-state index >= 15 is 0 Å². The number of ether oxygens (including phenoxy) is 2. The van der Waals surface area contributed by atoms with Gasteiger partial charge in [-0.1, -0.05) is 6.42 Å². The molecule has 2 saturated heterocycles. The molecule has 4 rings (SSSR count). The van der Waals surface area contributed by atoms with Crippen LogP contribution in [0.25, 0.3) is 0 Å². The van der Waals surface area contributed by atoms with Crippen LogP contribution in [0, 0.1) is 5.92 Å². The van der Waals surface area contributed by atoms with E-state index in [-0.39, 0.29) is 5.60 Å². The summed E-state index contributed by atoms with van der Waals surface area (Å²) in [5, 5.41) is 0. The van der Waals surface area contributed by atoms with Crippen molar-refractivity contribution in [2.24, 2.45) is 5.92 Å². The second kappa shape index (κ2) is 6.88. The number of pyridine rings is 1. The Balaban J connectivity index is 1.17. The number of hydrogen-bond donors (Lipinski definition) is 0. The van der Waals surface area contributed by atoms with Crippen LogP contribution >= 0.6 is 0 Å². The van der Waals surface area contributed by atoms with E-state index in [1.807, 2.05) is 24.5 Å². The zero-order chi connectivity index (χ0) is 15.5. The fourth-order valence-electron chi connectivity index (χ4n) is 4.22. The van der Waals surface area contributed by atoms with Gasteiger partial charge in [-0.05, 0) is 55.7 Å². The van der Waals surface area contributed by atoms with Gasteiger partial charge in [-0.3, -0.25) is 9.88 Å². The quantitative estimate of drug-likeness (QED) is 0.756. The Kier molecular flexibility index (Phi) is 4.65. The van der Waals surface area contributed by atoms with E-state index in [0.29, 0.717) is 6.61 Å². The molecule has 3 heterocycles. The molecule has 4 heteroatoms. The lowest BCUT2D eigenvalue weighted by Gasteiger charge is -2.57. The molecular formula is C19H28N2O2. The first-order chi connectivity index (χ1) is 11.3. The van der Waals surface area contributed by atoms with Crippen molar-refractivity contribution in [3.05, 3.63) is 30.1 Å². The molecule has 1 spiro atoms. The highest BCUT2D eigenvalue weighted by atomic mass is 16.5. The lowest BCUT2D eigenvalue weighted by molar-refractivity contribution is -0.195. The lowest BCUT2D eigenvalue weighted by Crippen LogP contribution is -2.68. The topological polar surface area (TPSA) is 34.6 Å². The van der Waals surface area contributed by atoms with Gasteiger partial charge >= 0.3 is 0 Å². The van der Waals surface area contributed by atoms with Crippen LogP contribution in [0.4, 0.5) is 0 Å². The fraction of sp³-hybridized carbons (Fsp3) is 0.737. The van der Waals surface area contributed by atoms with E-state index in [4.69, 9.17) is 9.47 Å². The molecule has 1 saturated carbocycles. The Morgan fingerprint density at radius 2 is 2.04 bits per heavy atom. The molecule has 3 fully saturated rings. The summed E-state index contributed by atoms with van der Waals surface area (Å²) >= 11 is 0. The van der Waals surface area contributed by atoms with Crippen molar-refractivity contribution in [1.82, 2.24) is 9.88 Å². The Bertz CT molecular complexity index is 497. The van der Waals surface area contributed by atoms with E-state index in [2.05, 4.69) is 9.88 Å². The van der Waals surface area contributed by atoms with Gasteiger partial charge in [-0.2, -0.15) is 0 Å². The molecule has 1 aromatic rings. The number of rotatable bonds is 6. The highest BCUT2D eigenvalue weighted by Crippen LogP contribution is 2.41. The zero-order valence-electron chi connectivity index (χ0n) is 14.0. The van der Waals surface area contributed by atoms with Crippen molar-refractivity contribution in [2.75, 3.05) is 26.3 Å². The average molecular weight is 316 g/mol. The molecule has 4 nitrogen and oxygen atoms in total. The van der Waals surface area contributed by atoms with Crippen LogP contribution in [-0.2, 0) is 16.1 Å². The summed E-state index contributed by atoms with van der Waals surface area (Å²) in [7, 11) is 0. The van der Waals surface area contributed by atoms with Gasteiger partial charge in [-0.15, -0.1) is 0 Å². The summed E-state index contributed by atoms with van der Waals surface area (Å²) in [5.74, 6) is 0.768. The highest BCUT2D eigenvalue weighted by molar-refractivity contribution is 5.08. The summed E-state index contributed by atoms with van der Waals surface area (Å²) in [4.78, 5) is 6.68. The van der Waals surface area contributed by atoms with Crippen LogP contribution < -0.4 is 0 Å². The van der Waals surface area contributed by atoms with Gasteiger partial charge in [0.05, 0.1) is 12.2 Å². The molecule has 23 heavy (non-hydrogen) atoms. The monoisotopic (exact) mass is 316 g/mol. The number of nitrogens with zero attached hydrogens (tertiary/aromatic N) is 2. The van der Waals surface area contributed by atoms with Crippen LogP contribution in [0.2, 0.25) is 0 Å². The van der Waals surface area contributed by atoms with Crippen LogP contribution in [0.1, 0.15) is 44.1 Å². The largest absolute Gasteiger partial charge is 0.377 e. The second-order valence-corrected chi connectivity index (χ2v) is 7.58. The van der Waals surface area contributed by atoms with Crippen LogP contribution in [-0.4, -0.2) is 47.8 Å². The number of likely N-dealkylation sites (tertiary alicyclic amines) is 1. The molecular weight excluding hydrogens is 288 g/mol. The first kappa shape index (κ1) is 15.6. The SMILES string of the molecule is c1cc(COCCC2CCOC3(C2)CN(C2CCC2)C3)ccn1. The van der Waals surface area contributed by atoms with E-state index in [1.54, 1.807) is 0 Å². The van der Waals surface area contributed by atoms with Gasteiger partial charge in [-0.25, -0.2) is 0 Å². The minimum absolute atomic E-state index is 0.184. The molecule has 0 radical (unpaired) electrons. The second-order valence-electron chi connectivity index (χ2n) is 7.58. The van der Waals surface area contributed by atoms with Gasteiger partial charge in [0, 0.05) is 44.7 Å². The van der Waals surface area contributed by atoms with Crippen molar-refractivity contribution < 1.29 is 9.47 Å². The van der Waals surface area contributed by atoms with Crippen molar-refractivity contribution in [2.45, 2.75) is 56.8 Å². The number of aromatic nitrogens is 1. The first-order valence-corrected chi connectivity index (χ1v) is 9.18. The number of hydrogen-bond acceptors (Lipinski definition) is 4. The summed E-state index contributed by atoms with van der Waals surface area (Å²) in [6.07, 6.45) is 11.5. The summed E-state index contributed by atoms with van der Waals surface area (Å²) in [6.45, 7) is 4.84. The molecule has 3 aliphatic rings. The molecule has 0 aromatic carbocycles. The minimum Gasteiger partial charge on any atom is -0.377 e. The maximum atomic E-state index is 6.17. The molecule has 0 amide bonds. The molecule has 1 atom stereocenters. The predicted octanol–water partition coefficient (Wildman–Crippen LogP) is 3.02.